The number of aromatic nitrogens is 2. The van der Waals surface area contributed by atoms with E-state index >= 15 is 0 Å². The molecular formula is C17H13ClN4O4. The van der Waals surface area contributed by atoms with Gasteiger partial charge >= 0.3 is 0 Å². The highest BCUT2D eigenvalue weighted by molar-refractivity contribution is 6.33. The molecule has 0 atom stereocenters. The van der Waals surface area contributed by atoms with Gasteiger partial charge in [-0.3, -0.25) is 14.9 Å². The van der Waals surface area contributed by atoms with Crippen LogP contribution in [0.15, 0.2) is 47.0 Å². The summed E-state index contributed by atoms with van der Waals surface area (Å²) in [4.78, 5) is 26.9. The highest BCUT2D eigenvalue weighted by atomic mass is 35.5. The fourth-order valence-corrected chi connectivity index (χ4v) is 2.62. The van der Waals surface area contributed by atoms with Gasteiger partial charge in [0.05, 0.1) is 16.5 Å². The molecule has 132 valence electrons. The van der Waals surface area contributed by atoms with Gasteiger partial charge in [0.15, 0.2) is 0 Å². The summed E-state index contributed by atoms with van der Waals surface area (Å²) in [6, 6.07) is 11.4. The topological polar surface area (TPSA) is 111 Å². The Morgan fingerprint density at radius 2 is 2.04 bits per heavy atom. The Bertz CT molecular complexity index is 986. The van der Waals surface area contributed by atoms with Gasteiger partial charge in [0.25, 0.3) is 11.6 Å². The molecule has 2 aromatic carbocycles. The molecule has 0 radical (unpaired) electrons. The second kappa shape index (κ2) is 7.32. The van der Waals surface area contributed by atoms with E-state index in [1.807, 2.05) is 0 Å². The average Bonchev–Trinajstić information content (AvgIpc) is 3.08. The van der Waals surface area contributed by atoms with E-state index in [0.29, 0.717) is 16.4 Å². The van der Waals surface area contributed by atoms with E-state index in [1.165, 1.54) is 25.1 Å². The van der Waals surface area contributed by atoms with Gasteiger partial charge in [-0.15, -0.1) is 0 Å². The number of hydrogen-bond acceptors (Lipinski definition) is 6. The maximum Gasteiger partial charge on any atom is 0.273 e. The second-order valence-electron chi connectivity index (χ2n) is 5.38. The summed E-state index contributed by atoms with van der Waals surface area (Å²) in [6.07, 6.45) is 0. The molecule has 3 rings (SSSR count). The zero-order chi connectivity index (χ0) is 18.7. The maximum atomic E-state index is 12.3. The first-order chi connectivity index (χ1) is 12.5. The Balaban J connectivity index is 1.72. The van der Waals surface area contributed by atoms with Crippen LogP contribution in [0.25, 0.3) is 11.4 Å². The Morgan fingerprint density at radius 1 is 1.27 bits per heavy atom. The molecule has 3 aromatic rings. The lowest BCUT2D eigenvalue weighted by atomic mass is 10.1. The van der Waals surface area contributed by atoms with Gasteiger partial charge in [-0.1, -0.05) is 35.0 Å². The zero-order valence-electron chi connectivity index (χ0n) is 13.6. The van der Waals surface area contributed by atoms with Crippen LogP contribution in [-0.2, 0) is 6.54 Å². The van der Waals surface area contributed by atoms with Gasteiger partial charge in [-0.2, -0.15) is 4.98 Å². The molecule has 0 aliphatic heterocycles. The quantitative estimate of drug-likeness (QED) is 0.541. The van der Waals surface area contributed by atoms with Gasteiger partial charge < -0.3 is 9.84 Å². The second-order valence-corrected chi connectivity index (χ2v) is 5.79. The molecule has 0 unspecified atom stereocenters. The molecule has 8 nitrogen and oxygen atoms in total. The van der Waals surface area contributed by atoms with Crippen LogP contribution in [0.3, 0.4) is 0 Å². The van der Waals surface area contributed by atoms with Crippen LogP contribution < -0.4 is 5.32 Å². The summed E-state index contributed by atoms with van der Waals surface area (Å²) in [5.41, 5.74) is 1.00. The van der Waals surface area contributed by atoms with Crippen molar-refractivity contribution in [3.05, 3.63) is 74.6 Å². The van der Waals surface area contributed by atoms with Crippen molar-refractivity contribution >= 4 is 23.2 Å². The fraction of sp³-hybridized carbons (Fsp3) is 0.118. The van der Waals surface area contributed by atoms with E-state index in [1.54, 1.807) is 24.3 Å². The van der Waals surface area contributed by atoms with Crippen molar-refractivity contribution in [1.82, 2.24) is 15.5 Å². The van der Waals surface area contributed by atoms with E-state index in [2.05, 4.69) is 15.5 Å². The van der Waals surface area contributed by atoms with Crippen molar-refractivity contribution in [1.29, 1.82) is 0 Å². The van der Waals surface area contributed by atoms with Crippen molar-refractivity contribution in [3.8, 4) is 11.4 Å². The molecule has 0 fully saturated rings. The number of nitrogens with one attached hydrogen (secondary N) is 1. The predicted octanol–water partition coefficient (Wildman–Crippen LogP) is 3.54. The lowest BCUT2D eigenvalue weighted by Crippen LogP contribution is -2.24. The molecule has 0 spiro atoms. The molecule has 0 saturated carbocycles. The third-order valence-corrected chi connectivity index (χ3v) is 4.06. The summed E-state index contributed by atoms with van der Waals surface area (Å²) < 4.78 is 5.11. The fourth-order valence-electron chi connectivity index (χ4n) is 2.40. The SMILES string of the molecule is Cc1c(C(=O)NCc2nc(-c3ccccc3Cl)no2)cccc1[N+](=O)[O-]. The molecule has 9 heteroatoms. The number of carbonyl (C=O) groups excluding carboxylic acids is 1. The summed E-state index contributed by atoms with van der Waals surface area (Å²) in [6.45, 7) is 1.51. The zero-order valence-corrected chi connectivity index (χ0v) is 14.4. The van der Waals surface area contributed by atoms with Gasteiger partial charge in [0.1, 0.15) is 0 Å². The molecule has 0 aliphatic rings. The van der Waals surface area contributed by atoms with Crippen molar-refractivity contribution in [2.24, 2.45) is 0 Å². The number of amides is 1. The first kappa shape index (κ1) is 17.6. The van der Waals surface area contributed by atoms with Crippen LogP contribution in [-0.4, -0.2) is 21.0 Å². The molecule has 0 saturated heterocycles. The Hall–Kier alpha value is -3.26. The van der Waals surface area contributed by atoms with Crippen molar-refractivity contribution in [3.63, 3.8) is 0 Å². The van der Waals surface area contributed by atoms with Crippen LogP contribution >= 0.6 is 11.6 Å². The van der Waals surface area contributed by atoms with E-state index in [-0.39, 0.29) is 29.2 Å². The van der Waals surface area contributed by atoms with E-state index in [4.69, 9.17) is 16.1 Å². The van der Waals surface area contributed by atoms with Gasteiger partial charge in [0, 0.05) is 22.8 Å². The third-order valence-electron chi connectivity index (χ3n) is 3.73. The largest absolute Gasteiger partial charge is 0.343 e. The minimum atomic E-state index is -0.528. The summed E-state index contributed by atoms with van der Waals surface area (Å²) in [5.74, 6) is 0.0337. The summed E-state index contributed by atoms with van der Waals surface area (Å²) in [7, 11) is 0. The normalized spacial score (nSPS) is 10.5. The van der Waals surface area contributed by atoms with Gasteiger partial charge in [-0.05, 0) is 25.1 Å². The first-order valence-electron chi connectivity index (χ1n) is 7.57. The lowest BCUT2D eigenvalue weighted by Gasteiger charge is -2.06. The number of hydrogen-bond donors (Lipinski definition) is 1. The number of halogens is 1. The van der Waals surface area contributed by atoms with Crippen LogP contribution in [0.4, 0.5) is 5.69 Å². The molecule has 1 amide bonds. The van der Waals surface area contributed by atoms with E-state index in [0.717, 1.165) is 0 Å². The number of nitro groups is 1. The van der Waals surface area contributed by atoms with Crippen molar-refractivity contribution < 1.29 is 14.2 Å². The van der Waals surface area contributed by atoms with Gasteiger partial charge in [0.2, 0.25) is 11.7 Å². The van der Waals surface area contributed by atoms with Crippen LogP contribution in [0.2, 0.25) is 5.02 Å². The van der Waals surface area contributed by atoms with Crippen LogP contribution in [0.5, 0.6) is 0 Å². The average molecular weight is 373 g/mol. The summed E-state index contributed by atoms with van der Waals surface area (Å²) >= 11 is 6.09. The smallest absolute Gasteiger partial charge is 0.273 e. The standard InChI is InChI=1S/C17H13ClN4O4/c1-10-11(6-4-8-14(10)22(24)25)17(23)19-9-15-20-16(21-26-15)12-5-2-3-7-13(12)18/h2-8H,9H2,1H3,(H,19,23). The molecule has 0 bridgehead atoms. The van der Waals surface area contributed by atoms with Gasteiger partial charge in [-0.25, -0.2) is 0 Å². The monoisotopic (exact) mass is 372 g/mol. The number of carbonyl (C=O) groups is 1. The Kier molecular flexibility index (Phi) is 4.94. The third kappa shape index (κ3) is 3.55. The maximum absolute atomic E-state index is 12.3. The minimum Gasteiger partial charge on any atom is -0.343 e. The van der Waals surface area contributed by atoms with Crippen molar-refractivity contribution in [2.75, 3.05) is 0 Å². The number of rotatable bonds is 5. The molecule has 1 aromatic heterocycles. The number of nitrogens with zero attached hydrogens (tertiary/aromatic N) is 3. The Morgan fingerprint density at radius 3 is 2.77 bits per heavy atom. The first-order valence-corrected chi connectivity index (χ1v) is 7.95. The van der Waals surface area contributed by atoms with Crippen LogP contribution in [0, 0.1) is 17.0 Å². The molecule has 0 aliphatic carbocycles. The molecule has 26 heavy (non-hydrogen) atoms. The lowest BCUT2D eigenvalue weighted by molar-refractivity contribution is -0.385. The van der Waals surface area contributed by atoms with Crippen LogP contribution in [0.1, 0.15) is 21.8 Å². The number of benzene rings is 2. The van der Waals surface area contributed by atoms with Crippen molar-refractivity contribution in [2.45, 2.75) is 13.5 Å². The van der Waals surface area contributed by atoms with E-state index in [9.17, 15) is 14.9 Å². The molecule has 1 heterocycles. The van der Waals surface area contributed by atoms with E-state index < -0.39 is 10.8 Å². The minimum absolute atomic E-state index is 0.0155. The highest BCUT2D eigenvalue weighted by Gasteiger charge is 2.18. The predicted molar refractivity (Wildman–Crippen MR) is 93.7 cm³/mol. The summed E-state index contributed by atoms with van der Waals surface area (Å²) in [5, 5.41) is 17.9. The Labute approximate surface area is 152 Å². The number of nitro benzene ring substituents is 1. The molecular weight excluding hydrogens is 360 g/mol. The molecule has 1 N–H and O–H groups in total. The highest BCUT2D eigenvalue weighted by Crippen LogP contribution is 2.25.